The number of carboxylic acids is 1. The van der Waals surface area contributed by atoms with Crippen LogP contribution in [0.4, 0.5) is 0 Å². The normalized spacial score (nSPS) is 11.3. The number of imidazole rings is 1. The highest BCUT2D eigenvalue weighted by Crippen LogP contribution is 2.07. The molecule has 0 spiro atoms. The fraction of sp³-hybridized carbons (Fsp3) is 0.455. The number of rotatable bonds is 4. The van der Waals surface area contributed by atoms with Crippen LogP contribution in [-0.2, 0) is 17.8 Å². The second-order valence-electron chi connectivity index (χ2n) is 4.72. The van der Waals surface area contributed by atoms with Crippen LogP contribution in [0.3, 0.4) is 0 Å². The van der Waals surface area contributed by atoms with E-state index < -0.39 is 17.2 Å². The Morgan fingerprint density at radius 1 is 1.37 bits per heavy atom. The number of aliphatic carboxylic acids is 1. The van der Waals surface area contributed by atoms with Crippen molar-refractivity contribution < 1.29 is 9.90 Å². The topological polar surface area (TPSA) is 121 Å². The number of carboxylic acid groups (broad SMARTS) is 1. The predicted molar refractivity (Wildman–Crippen MR) is 67.2 cm³/mol. The minimum absolute atomic E-state index is 0.122. The fourth-order valence-corrected chi connectivity index (χ4v) is 1.85. The zero-order valence-electron chi connectivity index (χ0n) is 10.6. The number of hydrogen-bond donors (Lipinski definition) is 3. The number of fused-ring (bicyclic) bond motifs is 1. The van der Waals surface area contributed by atoms with Gasteiger partial charge in [0.1, 0.15) is 17.8 Å². The van der Waals surface area contributed by atoms with Crippen molar-refractivity contribution in [2.75, 3.05) is 0 Å². The predicted octanol–water partition coefficient (Wildman–Crippen LogP) is -0.304. The minimum atomic E-state index is -1.06. The van der Waals surface area contributed by atoms with E-state index in [2.05, 4.69) is 15.0 Å². The molecule has 19 heavy (non-hydrogen) atoms. The average Bonchev–Trinajstić information content (AvgIpc) is 2.67. The Kier molecular flexibility index (Phi) is 3.24. The maximum absolute atomic E-state index is 11.8. The molecule has 102 valence electrons. The molecular formula is C11H14N4O4. The van der Waals surface area contributed by atoms with E-state index in [-0.39, 0.29) is 29.3 Å². The monoisotopic (exact) mass is 266 g/mol. The second kappa shape index (κ2) is 4.71. The summed E-state index contributed by atoms with van der Waals surface area (Å²) in [6.07, 6.45) is -0.329. The Bertz CT molecular complexity index is 737. The number of aromatic amines is 2. The van der Waals surface area contributed by atoms with Gasteiger partial charge < -0.3 is 10.1 Å². The smallest absolute Gasteiger partial charge is 0.330 e. The highest BCUT2D eigenvalue weighted by Gasteiger charge is 2.15. The Balaban J connectivity index is 2.67. The molecular weight excluding hydrogens is 252 g/mol. The highest BCUT2D eigenvalue weighted by atomic mass is 16.4. The van der Waals surface area contributed by atoms with E-state index >= 15 is 0 Å². The highest BCUT2D eigenvalue weighted by molar-refractivity contribution is 5.73. The SMILES string of the molecule is CC(C)Cn1c(=O)[nH]c(=O)c2[nH]c(CC(=O)O)nc21. The van der Waals surface area contributed by atoms with Crippen molar-refractivity contribution >= 4 is 17.1 Å². The first-order valence-electron chi connectivity index (χ1n) is 5.82. The van der Waals surface area contributed by atoms with E-state index in [9.17, 15) is 14.4 Å². The molecule has 0 radical (unpaired) electrons. The van der Waals surface area contributed by atoms with Crippen molar-refractivity contribution in [3.8, 4) is 0 Å². The molecule has 0 saturated heterocycles. The lowest BCUT2D eigenvalue weighted by Crippen LogP contribution is -2.31. The largest absolute Gasteiger partial charge is 0.481 e. The molecule has 0 aliphatic heterocycles. The molecule has 3 N–H and O–H groups in total. The zero-order chi connectivity index (χ0) is 14.2. The second-order valence-corrected chi connectivity index (χ2v) is 4.72. The van der Waals surface area contributed by atoms with E-state index in [1.165, 1.54) is 4.57 Å². The molecule has 0 fully saturated rings. The van der Waals surface area contributed by atoms with Gasteiger partial charge in [0, 0.05) is 6.54 Å². The van der Waals surface area contributed by atoms with Crippen LogP contribution in [0, 0.1) is 5.92 Å². The van der Waals surface area contributed by atoms with Crippen molar-refractivity contribution in [1.82, 2.24) is 19.5 Å². The fourth-order valence-electron chi connectivity index (χ4n) is 1.85. The molecule has 0 aliphatic carbocycles. The molecule has 0 aromatic carbocycles. The Morgan fingerprint density at radius 3 is 2.63 bits per heavy atom. The van der Waals surface area contributed by atoms with E-state index in [0.717, 1.165) is 0 Å². The van der Waals surface area contributed by atoms with Crippen molar-refractivity contribution in [1.29, 1.82) is 0 Å². The average molecular weight is 266 g/mol. The van der Waals surface area contributed by atoms with Crippen molar-refractivity contribution in [3.63, 3.8) is 0 Å². The molecule has 8 nitrogen and oxygen atoms in total. The molecule has 0 saturated carbocycles. The summed E-state index contributed by atoms with van der Waals surface area (Å²) in [4.78, 5) is 42.9. The number of nitrogens with zero attached hydrogens (tertiary/aromatic N) is 2. The third-order valence-electron chi connectivity index (χ3n) is 2.55. The molecule has 2 heterocycles. The van der Waals surface area contributed by atoms with Crippen LogP contribution >= 0.6 is 0 Å². The van der Waals surface area contributed by atoms with E-state index in [1.807, 2.05) is 13.8 Å². The summed E-state index contributed by atoms with van der Waals surface area (Å²) in [6, 6.07) is 0. The molecule has 2 aromatic rings. The van der Waals surface area contributed by atoms with E-state index in [4.69, 9.17) is 5.11 Å². The quantitative estimate of drug-likeness (QED) is 0.701. The molecule has 0 unspecified atom stereocenters. The van der Waals surface area contributed by atoms with E-state index in [0.29, 0.717) is 6.54 Å². The van der Waals surface area contributed by atoms with Gasteiger partial charge in [0.15, 0.2) is 5.65 Å². The van der Waals surface area contributed by atoms with Gasteiger partial charge in [-0.3, -0.25) is 19.1 Å². The summed E-state index contributed by atoms with van der Waals surface area (Å²) in [5.41, 5.74) is -0.820. The number of nitrogens with one attached hydrogen (secondary N) is 2. The van der Waals surface area contributed by atoms with Gasteiger partial charge in [-0.1, -0.05) is 13.8 Å². The first-order chi connectivity index (χ1) is 8.88. The van der Waals surface area contributed by atoms with Crippen LogP contribution in [0.1, 0.15) is 19.7 Å². The summed E-state index contributed by atoms with van der Waals surface area (Å²) in [5.74, 6) is -0.726. The molecule has 2 rings (SSSR count). The molecule has 0 aliphatic rings. The first-order valence-corrected chi connectivity index (χ1v) is 5.82. The summed E-state index contributed by atoms with van der Waals surface area (Å²) < 4.78 is 1.34. The Morgan fingerprint density at radius 2 is 2.05 bits per heavy atom. The lowest BCUT2D eigenvalue weighted by molar-refractivity contribution is -0.136. The maximum Gasteiger partial charge on any atom is 0.330 e. The van der Waals surface area contributed by atoms with Gasteiger partial charge in [-0.05, 0) is 5.92 Å². The van der Waals surface area contributed by atoms with Gasteiger partial charge in [-0.15, -0.1) is 0 Å². The summed E-state index contributed by atoms with van der Waals surface area (Å²) in [6.45, 7) is 4.24. The van der Waals surface area contributed by atoms with Crippen molar-refractivity contribution in [2.45, 2.75) is 26.8 Å². The maximum atomic E-state index is 11.8. The van der Waals surface area contributed by atoms with Gasteiger partial charge in [-0.25, -0.2) is 9.78 Å². The first kappa shape index (κ1) is 13.1. The third-order valence-corrected chi connectivity index (χ3v) is 2.55. The lowest BCUT2D eigenvalue weighted by atomic mass is 10.2. The van der Waals surface area contributed by atoms with Crippen LogP contribution in [0.15, 0.2) is 9.59 Å². The van der Waals surface area contributed by atoms with Gasteiger partial charge in [0.2, 0.25) is 0 Å². The number of carbonyl (C=O) groups is 1. The molecule has 0 bridgehead atoms. The molecule has 8 heteroatoms. The summed E-state index contributed by atoms with van der Waals surface area (Å²) >= 11 is 0. The standard InChI is InChI=1S/C11H14N4O4/c1-5(2)4-15-9-8(10(18)14-11(15)19)12-6(13-9)3-7(16)17/h5H,3-4H2,1-2H3,(H,12,13)(H,16,17)(H,14,18,19). The van der Waals surface area contributed by atoms with Crippen LogP contribution in [-0.4, -0.2) is 30.6 Å². The number of H-pyrrole nitrogens is 2. The zero-order valence-corrected chi connectivity index (χ0v) is 10.6. The van der Waals surface area contributed by atoms with Crippen molar-refractivity contribution in [2.24, 2.45) is 5.92 Å². The van der Waals surface area contributed by atoms with Crippen LogP contribution in [0.2, 0.25) is 0 Å². The summed E-state index contributed by atoms with van der Waals surface area (Å²) in [5, 5.41) is 8.72. The van der Waals surface area contributed by atoms with Crippen LogP contribution < -0.4 is 11.2 Å². The third kappa shape index (κ3) is 2.56. The molecule has 0 amide bonds. The van der Waals surface area contributed by atoms with Crippen LogP contribution in [0.25, 0.3) is 11.2 Å². The lowest BCUT2D eigenvalue weighted by Gasteiger charge is -2.07. The van der Waals surface area contributed by atoms with Gasteiger partial charge in [0.05, 0.1) is 0 Å². The van der Waals surface area contributed by atoms with Crippen molar-refractivity contribution in [3.05, 3.63) is 26.7 Å². The minimum Gasteiger partial charge on any atom is -0.481 e. The Hall–Kier alpha value is -2.38. The Labute approximate surface area is 107 Å². The molecule has 2 aromatic heterocycles. The molecule has 0 atom stereocenters. The number of hydrogen-bond acceptors (Lipinski definition) is 4. The van der Waals surface area contributed by atoms with Crippen LogP contribution in [0.5, 0.6) is 0 Å². The van der Waals surface area contributed by atoms with Gasteiger partial charge in [0.25, 0.3) is 5.56 Å². The van der Waals surface area contributed by atoms with Gasteiger partial charge >= 0.3 is 11.7 Å². The number of aromatic nitrogens is 4. The summed E-state index contributed by atoms with van der Waals surface area (Å²) in [7, 11) is 0. The van der Waals surface area contributed by atoms with Gasteiger partial charge in [-0.2, -0.15) is 0 Å². The van der Waals surface area contributed by atoms with E-state index in [1.54, 1.807) is 0 Å².